The first-order valence-electron chi connectivity index (χ1n) is 9.96. The molecule has 1 aliphatic rings. The fourth-order valence-corrected chi connectivity index (χ4v) is 4.25. The highest BCUT2D eigenvalue weighted by Crippen LogP contribution is 2.27. The van der Waals surface area contributed by atoms with Crippen molar-refractivity contribution in [1.82, 2.24) is 30.1 Å². The average molecular weight is 455 g/mol. The quantitative estimate of drug-likeness (QED) is 0.507. The molecule has 12 heteroatoms. The van der Waals surface area contributed by atoms with E-state index < -0.39 is 0 Å². The summed E-state index contributed by atoms with van der Waals surface area (Å²) in [7, 11) is 1.59. The van der Waals surface area contributed by atoms with Gasteiger partial charge in [-0.2, -0.15) is 9.94 Å². The molecule has 0 saturated carbocycles. The SMILES string of the molecule is COc1ccc(C)cc1-n1nnnc1SCC(=O)N1CCN(c2oc(C)nc2C#N)CC1. The van der Waals surface area contributed by atoms with Gasteiger partial charge in [0.2, 0.25) is 22.6 Å². The summed E-state index contributed by atoms with van der Waals surface area (Å²) >= 11 is 1.28. The largest absolute Gasteiger partial charge is 0.494 e. The lowest BCUT2D eigenvalue weighted by atomic mass is 10.2. The molecule has 1 fully saturated rings. The van der Waals surface area contributed by atoms with Gasteiger partial charge in [0.1, 0.15) is 17.5 Å². The average Bonchev–Trinajstić information content (AvgIpc) is 3.43. The summed E-state index contributed by atoms with van der Waals surface area (Å²) in [6.45, 7) is 5.88. The highest BCUT2D eigenvalue weighted by molar-refractivity contribution is 7.99. The molecule has 0 aliphatic carbocycles. The minimum Gasteiger partial charge on any atom is -0.494 e. The van der Waals surface area contributed by atoms with E-state index in [0.29, 0.717) is 48.9 Å². The third-order valence-electron chi connectivity index (χ3n) is 5.07. The van der Waals surface area contributed by atoms with Gasteiger partial charge in [0.15, 0.2) is 5.89 Å². The lowest BCUT2D eigenvalue weighted by Crippen LogP contribution is -2.49. The zero-order valence-electron chi connectivity index (χ0n) is 18.0. The second kappa shape index (κ2) is 9.27. The van der Waals surface area contributed by atoms with E-state index in [-0.39, 0.29) is 17.4 Å². The summed E-state index contributed by atoms with van der Waals surface area (Å²) in [5.41, 5.74) is 2.04. The van der Waals surface area contributed by atoms with E-state index >= 15 is 0 Å². The van der Waals surface area contributed by atoms with Crippen LogP contribution < -0.4 is 9.64 Å². The fourth-order valence-electron chi connectivity index (χ4n) is 3.47. The Morgan fingerprint density at radius 2 is 2.06 bits per heavy atom. The van der Waals surface area contributed by atoms with Gasteiger partial charge in [-0.3, -0.25) is 4.79 Å². The number of hydrogen-bond donors (Lipinski definition) is 0. The van der Waals surface area contributed by atoms with Crippen molar-refractivity contribution < 1.29 is 13.9 Å². The molecule has 0 atom stereocenters. The van der Waals surface area contributed by atoms with Gasteiger partial charge in [-0.1, -0.05) is 17.8 Å². The maximum absolute atomic E-state index is 12.8. The summed E-state index contributed by atoms with van der Waals surface area (Å²) in [4.78, 5) is 20.6. The predicted molar refractivity (Wildman–Crippen MR) is 116 cm³/mol. The molecule has 3 heterocycles. The topological polar surface area (TPSA) is 126 Å². The van der Waals surface area contributed by atoms with Crippen LogP contribution in [0.15, 0.2) is 27.8 Å². The van der Waals surface area contributed by atoms with Crippen LogP contribution in [-0.2, 0) is 4.79 Å². The monoisotopic (exact) mass is 454 g/mol. The number of nitrogens with zero attached hydrogens (tertiary/aromatic N) is 8. The van der Waals surface area contributed by atoms with Crippen LogP contribution in [0.25, 0.3) is 5.69 Å². The number of tetrazole rings is 1. The smallest absolute Gasteiger partial charge is 0.234 e. The second-order valence-electron chi connectivity index (χ2n) is 7.20. The summed E-state index contributed by atoms with van der Waals surface area (Å²) in [6.07, 6.45) is 0. The van der Waals surface area contributed by atoms with E-state index in [4.69, 9.17) is 9.15 Å². The van der Waals surface area contributed by atoms with Gasteiger partial charge in [0.05, 0.1) is 12.9 Å². The molecule has 166 valence electrons. The van der Waals surface area contributed by atoms with Crippen molar-refractivity contribution in [3.63, 3.8) is 0 Å². The van der Waals surface area contributed by atoms with Gasteiger partial charge in [-0.05, 0) is 35.0 Å². The van der Waals surface area contributed by atoms with Gasteiger partial charge < -0.3 is 19.0 Å². The maximum atomic E-state index is 12.8. The molecule has 32 heavy (non-hydrogen) atoms. The Morgan fingerprint density at radius 3 is 2.78 bits per heavy atom. The number of carbonyl (C=O) groups is 1. The Kier molecular flexibility index (Phi) is 6.27. The number of anilines is 1. The van der Waals surface area contributed by atoms with E-state index in [9.17, 15) is 10.1 Å². The van der Waals surface area contributed by atoms with Crippen LogP contribution in [0.4, 0.5) is 5.88 Å². The van der Waals surface area contributed by atoms with Crippen molar-refractivity contribution in [1.29, 1.82) is 5.26 Å². The Hall–Kier alpha value is -3.59. The Labute approximate surface area is 188 Å². The maximum Gasteiger partial charge on any atom is 0.234 e. The second-order valence-corrected chi connectivity index (χ2v) is 8.15. The van der Waals surface area contributed by atoms with Crippen LogP contribution in [0.1, 0.15) is 17.1 Å². The predicted octanol–water partition coefficient (Wildman–Crippen LogP) is 1.59. The number of nitriles is 1. The van der Waals surface area contributed by atoms with Crippen molar-refractivity contribution in [3.05, 3.63) is 35.3 Å². The number of aromatic nitrogens is 5. The Balaban J connectivity index is 1.38. The van der Waals surface area contributed by atoms with Crippen LogP contribution in [-0.4, -0.2) is 75.0 Å². The van der Waals surface area contributed by atoms with Crippen LogP contribution in [0, 0.1) is 25.2 Å². The number of hydrogen-bond acceptors (Lipinski definition) is 10. The molecule has 0 bridgehead atoms. The van der Waals surface area contributed by atoms with Gasteiger partial charge in [0, 0.05) is 33.1 Å². The van der Waals surface area contributed by atoms with Crippen LogP contribution in [0.5, 0.6) is 5.75 Å². The van der Waals surface area contributed by atoms with Gasteiger partial charge >= 0.3 is 0 Å². The first-order valence-corrected chi connectivity index (χ1v) is 10.9. The molecule has 0 radical (unpaired) electrons. The number of amides is 1. The van der Waals surface area contributed by atoms with E-state index in [1.54, 1.807) is 23.6 Å². The van der Waals surface area contributed by atoms with Gasteiger partial charge in [-0.15, -0.1) is 5.10 Å². The fraction of sp³-hybridized carbons (Fsp3) is 0.400. The molecule has 0 N–H and O–H groups in total. The Bertz CT molecular complexity index is 1160. The van der Waals surface area contributed by atoms with E-state index in [1.165, 1.54) is 11.8 Å². The first-order chi connectivity index (χ1) is 15.5. The normalized spacial score (nSPS) is 13.8. The van der Waals surface area contributed by atoms with E-state index in [1.807, 2.05) is 30.0 Å². The molecule has 4 rings (SSSR count). The molecule has 1 aliphatic heterocycles. The molecular formula is C20H22N8O3S. The number of oxazole rings is 1. The van der Waals surface area contributed by atoms with Crippen molar-refractivity contribution >= 4 is 23.6 Å². The van der Waals surface area contributed by atoms with Gasteiger partial charge in [-0.25, -0.2) is 4.98 Å². The summed E-state index contributed by atoms with van der Waals surface area (Å²) in [6, 6.07) is 7.79. The lowest BCUT2D eigenvalue weighted by molar-refractivity contribution is -0.128. The molecule has 1 amide bonds. The minimum atomic E-state index is -0.00494. The van der Waals surface area contributed by atoms with E-state index in [0.717, 1.165) is 11.3 Å². The molecule has 2 aromatic heterocycles. The van der Waals surface area contributed by atoms with Crippen molar-refractivity contribution in [2.45, 2.75) is 19.0 Å². The lowest BCUT2D eigenvalue weighted by Gasteiger charge is -2.34. The number of methoxy groups -OCH3 is 1. The molecule has 3 aromatic rings. The third-order valence-corrected chi connectivity index (χ3v) is 5.97. The number of rotatable bonds is 6. The number of piperazine rings is 1. The molecule has 0 spiro atoms. The van der Waals surface area contributed by atoms with E-state index in [2.05, 4.69) is 26.6 Å². The Morgan fingerprint density at radius 1 is 1.28 bits per heavy atom. The zero-order chi connectivity index (χ0) is 22.7. The van der Waals surface area contributed by atoms with Crippen molar-refractivity contribution in [2.75, 3.05) is 43.9 Å². The van der Waals surface area contributed by atoms with Crippen molar-refractivity contribution in [3.8, 4) is 17.5 Å². The number of aryl methyl sites for hydroxylation is 2. The van der Waals surface area contributed by atoms with Crippen molar-refractivity contribution in [2.24, 2.45) is 0 Å². The van der Waals surface area contributed by atoms with Crippen LogP contribution in [0.2, 0.25) is 0 Å². The molecule has 1 saturated heterocycles. The number of thioether (sulfide) groups is 1. The zero-order valence-corrected chi connectivity index (χ0v) is 18.8. The highest BCUT2D eigenvalue weighted by atomic mass is 32.2. The third kappa shape index (κ3) is 4.38. The number of benzene rings is 1. The molecule has 1 aromatic carbocycles. The van der Waals surface area contributed by atoms with Crippen LogP contribution >= 0.6 is 11.8 Å². The summed E-state index contributed by atoms with van der Waals surface area (Å²) < 4.78 is 12.6. The van der Waals surface area contributed by atoms with Crippen LogP contribution in [0.3, 0.4) is 0 Å². The number of ether oxygens (including phenoxy) is 1. The molecular weight excluding hydrogens is 432 g/mol. The molecule has 0 unspecified atom stereocenters. The van der Waals surface area contributed by atoms with Gasteiger partial charge in [0.25, 0.3) is 0 Å². The summed E-state index contributed by atoms with van der Waals surface area (Å²) in [5, 5.41) is 21.6. The summed E-state index contributed by atoms with van der Waals surface area (Å²) in [5.74, 6) is 1.77. The standard InChI is InChI=1S/C20H22N8O3S/c1-13-4-5-17(30-3)16(10-13)28-20(23-24-25-28)32-12-18(29)26-6-8-27(9-7-26)19-15(11-21)22-14(2)31-19/h4-5,10H,6-9,12H2,1-3H3. The highest BCUT2D eigenvalue weighted by Gasteiger charge is 2.26. The minimum absolute atomic E-state index is 0.00494. The first kappa shape index (κ1) is 21.6. The number of carbonyl (C=O) groups excluding carboxylic acids is 1. The molecule has 11 nitrogen and oxygen atoms in total.